The maximum atomic E-state index is 13.6. The minimum Gasteiger partial charge on any atom is -0.481 e. The number of aryl methyl sites for hydroxylation is 1. The fourth-order valence-corrected chi connectivity index (χ4v) is 9.44. The summed E-state index contributed by atoms with van der Waals surface area (Å²) in [5.41, 5.74) is 6.45. The molecule has 0 unspecified atom stereocenters. The average Bonchev–Trinajstić information content (AvgIpc) is 4.45. The number of halogens is 6. The second kappa shape index (κ2) is 26.5. The van der Waals surface area contributed by atoms with Crippen LogP contribution in [0, 0.1) is 18.3 Å². The Morgan fingerprint density at radius 3 is 2.05 bits per heavy atom. The number of ether oxygens (including phenoxy) is 1. The van der Waals surface area contributed by atoms with Gasteiger partial charge in [0.1, 0.15) is 11.4 Å². The van der Waals surface area contributed by atoms with Crippen LogP contribution in [0.3, 0.4) is 0 Å². The van der Waals surface area contributed by atoms with Crippen LogP contribution in [0.1, 0.15) is 111 Å². The van der Waals surface area contributed by atoms with E-state index in [1.54, 1.807) is 76.1 Å². The molecular formula is C57H55Cl3F3N13O7. The van der Waals surface area contributed by atoms with Gasteiger partial charge in [-0.05, 0) is 139 Å². The van der Waals surface area contributed by atoms with Gasteiger partial charge in [-0.3, -0.25) is 43.6 Å². The summed E-state index contributed by atoms with van der Waals surface area (Å²) in [5, 5.41) is 43.3. The Bertz CT molecular complexity index is 3600. The highest BCUT2D eigenvalue weighted by atomic mass is 35.5. The number of aromatic amines is 1. The molecule has 432 valence electrons. The molecule has 20 nitrogen and oxygen atoms in total. The number of carboxylic acid groups (broad SMARTS) is 1. The number of H-pyrrole nitrogens is 1. The zero-order valence-electron chi connectivity index (χ0n) is 45.0. The van der Waals surface area contributed by atoms with Crippen LogP contribution in [-0.4, -0.2) is 98.8 Å². The Labute approximate surface area is 488 Å². The fourth-order valence-electron chi connectivity index (χ4n) is 8.96. The lowest BCUT2D eigenvalue weighted by Crippen LogP contribution is -2.40. The minimum atomic E-state index is -4.83. The SMILES string of the molecule is CC(C)(C)C1CCC(NC(=O)c2cc(-c3ccc(Cl)c(Cl)c3)nn2Cc2ccc(C(=O)Nc3nn[nH]n3)cn2)CC1.Cc1ccc(-c2cc(C(=O)Nc3ccc(OC(F)(F)F)cc3)nn2Cc2ccc(C(=O)NCCC(=O)O)cc2)cc1Cl. The third kappa shape index (κ3) is 16.7. The first kappa shape index (κ1) is 60.4. The lowest BCUT2D eigenvalue weighted by molar-refractivity contribution is -0.274. The van der Waals surface area contributed by atoms with Gasteiger partial charge in [0, 0.05) is 46.2 Å². The van der Waals surface area contributed by atoms with Crippen molar-refractivity contribution in [3.63, 3.8) is 0 Å². The van der Waals surface area contributed by atoms with Crippen LogP contribution < -0.4 is 26.0 Å². The van der Waals surface area contributed by atoms with Crippen molar-refractivity contribution in [2.24, 2.45) is 11.3 Å². The Hall–Kier alpha value is -8.67. The summed E-state index contributed by atoms with van der Waals surface area (Å²) in [6.07, 6.45) is 0.468. The number of aliphatic carboxylic acids is 1. The Morgan fingerprint density at radius 1 is 0.723 bits per heavy atom. The van der Waals surface area contributed by atoms with Crippen molar-refractivity contribution in [3.8, 4) is 28.3 Å². The summed E-state index contributed by atoms with van der Waals surface area (Å²) in [5.74, 6) is -2.35. The summed E-state index contributed by atoms with van der Waals surface area (Å²) in [6, 6.07) is 28.7. The zero-order chi connectivity index (χ0) is 59.6. The zero-order valence-corrected chi connectivity index (χ0v) is 47.3. The average molecular weight is 1200 g/mol. The van der Waals surface area contributed by atoms with E-state index in [9.17, 15) is 37.1 Å². The number of amides is 4. The second-order valence-corrected chi connectivity index (χ2v) is 21.7. The van der Waals surface area contributed by atoms with Crippen LogP contribution in [0.2, 0.25) is 15.1 Å². The summed E-state index contributed by atoms with van der Waals surface area (Å²) in [7, 11) is 0. The summed E-state index contributed by atoms with van der Waals surface area (Å²) in [6.45, 7) is 9.13. The second-order valence-electron chi connectivity index (χ2n) is 20.5. The predicted octanol–water partition coefficient (Wildman–Crippen LogP) is 11.3. The van der Waals surface area contributed by atoms with E-state index in [4.69, 9.17) is 45.0 Å². The molecule has 1 fully saturated rings. The molecule has 4 heterocycles. The summed E-state index contributed by atoms with van der Waals surface area (Å²) in [4.78, 5) is 66.4. The van der Waals surface area contributed by atoms with Crippen LogP contribution >= 0.6 is 34.8 Å². The molecular weight excluding hydrogens is 1140 g/mol. The van der Waals surface area contributed by atoms with E-state index in [0.29, 0.717) is 60.5 Å². The number of benzene rings is 4. The number of hydrogen-bond donors (Lipinski definition) is 6. The number of pyridine rings is 1. The molecule has 1 aliphatic rings. The van der Waals surface area contributed by atoms with Gasteiger partial charge in [0.05, 0.1) is 52.2 Å². The van der Waals surface area contributed by atoms with Crippen LogP contribution in [0.25, 0.3) is 22.5 Å². The first-order chi connectivity index (χ1) is 39.4. The maximum Gasteiger partial charge on any atom is 0.573 e. The highest BCUT2D eigenvalue weighted by Crippen LogP contribution is 2.38. The summed E-state index contributed by atoms with van der Waals surface area (Å²) >= 11 is 18.7. The number of nitrogens with zero attached hydrogens (tertiary/aromatic N) is 8. The number of carboxylic acids is 1. The van der Waals surface area contributed by atoms with E-state index in [-0.39, 0.29) is 60.7 Å². The standard InChI is InChI=1S/C29H24ClF3N4O5.C28H31Cl2N9O2/c1-17-2-5-20(14-23(17)30)25-15-24(28(41)35-21-8-10-22(11-9-21)42-29(31,32)33)36-37(25)16-18-3-6-19(7-4-18)27(40)34-13-12-26(38)39;1-28(2,3)18-6-9-19(10-7-18)32-26(41)24-13-23(16-5-11-21(29)22(30)12-16)36-39(24)15-20-8-4-17(14-31-20)25(40)33-27-34-37-38-35-27/h2-11,14-15H,12-13,16H2,1H3,(H,34,40)(H,35,41)(H,38,39);4-5,8,11-14,18-19H,6-7,9-10,15H2,1-3H3,(H,32,41)(H2,33,34,35,37,38,40). The first-order valence-electron chi connectivity index (χ1n) is 25.9. The lowest BCUT2D eigenvalue weighted by atomic mass is 9.71. The van der Waals surface area contributed by atoms with Gasteiger partial charge in [-0.25, -0.2) is 0 Å². The van der Waals surface area contributed by atoms with Gasteiger partial charge in [-0.2, -0.15) is 15.4 Å². The van der Waals surface area contributed by atoms with Gasteiger partial charge < -0.3 is 25.8 Å². The molecule has 9 rings (SSSR count). The highest BCUT2D eigenvalue weighted by molar-refractivity contribution is 6.42. The van der Waals surface area contributed by atoms with E-state index in [1.165, 1.54) is 18.3 Å². The normalized spacial score (nSPS) is 14.2. The molecule has 0 saturated heterocycles. The summed E-state index contributed by atoms with van der Waals surface area (Å²) < 4.78 is 44.4. The Balaban J connectivity index is 0.000000217. The molecule has 0 bridgehead atoms. The Morgan fingerprint density at radius 2 is 1.42 bits per heavy atom. The van der Waals surface area contributed by atoms with E-state index < -0.39 is 35.8 Å². The Kier molecular flexibility index (Phi) is 19.3. The molecule has 0 aliphatic heterocycles. The van der Waals surface area contributed by atoms with Crippen LogP contribution in [0.15, 0.2) is 115 Å². The largest absolute Gasteiger partial charge is 0.573 e. The minimum absolute atomic E-state index is 0.00198. The van der Waals surface area contributed by atoms with Crippen LogP contribution in [-0.2, 0) is 17.9 Å². The van der Waals surface area contributed by atoms with Crippen molar-refractivity contribution in [1.82, 2.24) is 55.8 Å². The quantitative estimate of drug-likeness (QED) is 0.0496. The first-order valence-corrected chi connectivity index (χ1v) is 27.0. The topological polar surface area (TPSA) is 266 Å². The fraction of sp³-hybridized carbons (Fsp3) is 0.281. The molecule has 8 aromatic rings. The van der Waals surface area contributed by atoms with Crippen molar-refractivity contribution in [1.29, 1.82) is 0 Å². The number of hydrogen-bond acceptors (Lipinski definition) is 12. The smallest absolute Gasteiger partial charge is 0.481 e. The van der Waals surface area contributed by atoms with Gasteiger partial charge in [0.25, 0.3) is 29.6 Å². The number of alkyl halides is 3. The third-order valence-electron chi connectivity index (χ3n) is 13.5. The van der Waals surface area contributed by atoms with Gasteiger partial charge in [0.2, 0.25) is 0 Å². The van der Waals surface area contributed by atoms with Gasteiger partial charge in [-0.1, -0.05) is 91.0 Å². The molecule has 0 atom stereocenters. The highest BCUT2D eigenvalue weighted by Gasteiger charge is 2.32. The molecule has 0 spiro atoms. The number of anilines is 2. The molecule has 4 aromatic heterocycles. The van der Waals surface area contributed by atoms with Crippen molar-refractivity contribution in [3.05, 3.63) is 170 Å². The van der Waals surface area contributed by atoms with E-state index in [0.717, 1.165) is 54.5 Å². The molecule has 4 amide bonds. The number of tetrazole rings is 1. The van der Waals surface area contributed by atoms with E-state index in [1.807, 2.05) is 25.1 Å². The van der Waals surface area contributed by atoms with Crippen molar-refractivity contribution in [2.45, 2.75) is 85.3 Å². The van der Waals surface area contributed by atoms with Gasteiger partial charge >= 0.3 is 12.3 Å². The van der Waals surface area contributed by atoms with Crippen LogP contribution in [0.5, 0.6) is 5.75 Å². The van der Waals surface area contributed by atoms with Crippen LogP contribution in [0.4, 0.5) is 24.8 Å². The van der Waals surface area contributed by atoms with Gasteiger partial charge in [0.15, 0.2) is 5.69 Å². The number of carbonyl (C=O) groups is 5. The molecule has 26 heteroatoms. The predicted molar refractivity (Wildman–Crippen MR) is 304 cm³/mol. The van der Waals surface area contributed by atoms with E-state index >= 15 is 0 Å². The lowest BCUT2D eigenvalue weighted by Gasteiger charge is -2.37. The van der Waals surface area contributed by atoms with Crippen molar-refractivity contribution in [2.75, 3.05) is 17.2 Å². The number of carbonyl (C=O) groups excluding carboxylic acids is 4. The maximum absolute atomic E-state index is 13.6. The number of nitrogens with one attached hydrogen (secondary N) is 5. The third-order valence-corrected chi connectivity index (χ3v) is 14.6. The molecule has 6 N–H and O–H groups in total. The van der Waals surface area contributed by atoms with Crippen molar-refractivity contribution >= 4 is 76.0 Å². The molecule has 0 radical (unpaired) electrons. The van der Waals surface area contributed by atoms with Gasteiger partial charge in [-0.15, -0.1) is 18.3 Å². The number of rotatable bonds is 17. The number of aromatic nitrogens is 9. The molecule has 1 saturated carbocycles. The van der Waals surface area contributed by atoms with E-state index in [2.05, 4.69) is 77.5 Å². The molecule has 1 aliphatic carbocycles. The molecule has 4 aromatic carbocycles. The molecule has 83 heavy (non-hydrogen) atoms. The van der Waals surface area contributed by atoms with Crippen molar-refractivity contribution < 1.29 is 47.0 Å². The monoisotopic (exact) mass is 1200 g/mol.